The zero-order valence-corrected chi connectivity index (χ0v) is 11.6. The third-order valence-corrected chi connectivity index (χ3v) is 4.13. The molecule has 1 aliphatic heterocycles. The van der Waals surface area contributed by atoms with Gasteiger partial charge < -0.3 is 9.31 Å². The first-order valence-corrected chi connectivity index (χ1v) is 7.49. The highest BCUT2D eigenvalue weighted by Crippen LogP contribution is 2.35. The van der Waals surface area contributed by atoms with Crippen molar-refractivity contribution >= 4 is 7.12 Å². The summed E-state index contributed by atoms with van der Waals surface area (Å²) >= 11 is 0. The van der Waals surface area contributed by atoms with Crippen LogP contribution in [0.3, 0.4) is 0 Å². The lowest BCUT2D eigenvalue weighted by Crippen LogP contribution is -2.28. The van der Waals surface area contributed by atoms with Crippen LogP contribution in [-0.4, -0.2) is 7.12 Å². The Hall–Kier alpha value is -1.38. The summed E-state index contributed by atoms with van der Waals surface area (Å²) in [5, 5.41) is 0. The van der Waals surface area contributed by atoms with E-state index in [0.717, 1.165) is 23.8 Å². The van der Waals surface area contributed by atoms with E-state index in [4.69, 9.17) is 9.31 Å². The molecule has 0 atom stereocenters. The number of allylic oxidation sites excluding steroid dienone is 2. The summed E-state index contributed by atoms with van der Waals surface area (Å²) in [5.74, 6) is 2.46. The summed E-state index contributed by atoms with van der Waals surface area (Å²) in [6, 6.07) is 7.93. The number of rotatable bonds is 3. The van der Waals surface area contributed by atoms with Crippen LogP contribution in [0.25, 0.3) is 0 Å². The van der Waals surface area contributed by atoms with E-state index in [1.807, 2.05) is 24.3 Å². The van der Waals surface area contributed by atoms with E-state index in [2.05, 4.69) is 13.0 Å². The lowest BCUT2D eigenvalue weighted by Gasteiger charge is -2.20. The van der Waals surface area contributed by atoms with Crippen molar-refractivity contribution in [2.75, 3.05) is 0 Å². The summed E-state index contributed by atoms with van der Waals surface area (Å²) in [6.45, 7) is 2.18. The quantitative estimate of drug-likeness (QED) is 0.746. The van der Waals surface area contributed by atoms with Crippen LogP contribution in [0.4, 0.5) is 0 Å². The highest BCUT2D eigenvalue weighted by molar-refractivity contribution is 6.56. The van der Waals surface area contributed by atoms with Gasteiger partial charge in [-0.3, -0.25) is 0 Å². The maximum absolute atomic E-state index is 5.91. The molecule has 19 heavy (non-hydrogen) atoms. The standard InChI is InChI=1S/C16H21BO2/c1-2-14(12-13-8-4-3-5-9-13)17-18-15-10-6-7-11-16(15)19-17/h6-7,10-13H,2-5,8-9H2,1H3/b14-12+. The minimum atomic E-state index is -0.204. The minimum Gasteiger partial charge on any atom is -0.519 e. The van der Waals surface area contributed by atoms with Crippen LogP contribution in [0.15, 0.2) is 35.8 Å². The molecule has 1 heterocycles. The van der Waals surface area contributed by atoms with Gasteiger partial charge in [-0.15, -0.1) is 0 Å². The SMILES string of the molecule is CC/C(=C\C1CCCCC1)B1Oc2ccccc2O1. The van der Waals surface area contributed by atoms with Crippen molar-refractivity contribution in [1.82, 2.24) is 0 Å². The van der Waals surface area contributed by atoms with Gasteiger partial charge in [0.1, 0.15) is 11.5 Å². The van der Waals surface area contributed by atoms with E-state index in [1.54, 1.807) is 0 Å². The molecule has 3 heteroatoms. The fourth-order valence-electron chi connectivity index (χ4n) is 3.02. The predicted octanol–water partition coefficient (Wildman–Crippen LogP) is 4.40. The molecular weight excluding hydrogens is 235 g/mol. The Morgan fingerprint density at radius 2 is 1.79 bits per heavy atom. The van der Waals surface area contributed by atoms with E-state index < -0.39 is 0 Å². The largest absolute Gasteiger partial charge is 0.628 e. The first-order valence-electron chi connectivity index (χ1n) is 7.49. The number of benzene rings is 1. The average molecular weight is 256 g/mol. The molecule has 1 aromatic rings. The van der Waals surface area contributed by atoms with Crippen molar-refractivity contribution in [3.63, 3.8) is 0 Å². The molecule has 1 saturated carbocycles. The van der Waals surface area contributed by atoms with Gasteiger partial charge >= 0.3 is 7.12 Å². The van der Waals surface area contributed by atoms with Crippen molar-refractivity contribution < 1.29 is 9.31 Å². The van der Waals surface area contributed by atoms with Gasteiger partial charge in [0, 0.05) is 0 Å². The third kappa shape index (κ3) is 2.80. The summed E-state index contributed by atoms with van der Waals surface area (Å²) in [5.41, 5.74) is 1.29. The molecule has 1 aliphatic carbocycles. The first-order chi connectivity index (χ1) is 9.36. The molecule has 0 spiro atoms. The molecule has 2 nitrogen and oxygen atoms in total. The Balaban J connectivity index is 1.72. The molecule has 3 rings (SSSR count). The van der Waals surface area contributed by atoms with Crippen LogP contribution in [0.2, 0.25) is 0 Å². The fraction of sp³-hybridized carbons (Fsp3) is 0.500. The maximum Gasteiger partial charge on any atom is 0.628 e. The van der Waals surface area contributed by atoms with Gasteiger partial charge in [-0.25, -0.2) is 0 Å². The van der Waals surface area contributed by atoms with Gasteiger partial charge in [-0.1, -0.05) is 44.4 Å². The Morgan fingerprint density at radius 3 is 2.37 bits per heavy atom. The number of fused-ring (bicyclic) bond motifs is 1. The summed E-state index contributed by atoms with van der Waals surface area (Å²) in [6.07, 6.45) is 10.2. The van der Waals surface area contributed by atoms with E-state index in [0.29, 0.717) is 0 Å². The van der Waals surface area contributed by atoms with Crippen molar-refractivity contribution in [3.8, 4) is 11.5 Å². The monoisotopic (exact) mass is 256 g/mol. The second kappa shape index (κ2) is 5.73. The molecule has 0 radical (unpaired) electrons. The van der Waals surface area contributed by atoms with Crippen LogP contribution < -0.4 is 9.31 Å². The highest BCUT2D eigenvalue weighted by Gasteiger charge is 2.35. The molecule has 100 valence electrons. The molecule has 0 amide bonds. The highest BCUT2D eigenvalue weighted by atomic mass is 16.6. The molecule has 0 N–H and O–H groups in total. The van der Waals surface area contributed by atoms with Crippen LogP contribution in [0, 0.1) is 5.92 Å². The lowest BCUT2D eigenvalue weighted by atomic mass is 9.73. The zero-order valence-electron chi connectivity index (χ0n) is 11.6. The second-order valence-electron chi connectivity index (χ2n) is 5.51. The van der Waals surface area contributed by atoms with Gasteiger partial charge in [-0.05, 0) is 42.8 Å². The summed E-state index contributed by atoms with van der Waals surface area (Å²) in [4.78, 5) is 0. The maximum atomic E-state index is 5.91. The van der Waals surface area contributed by atoms with Gasteiger partial charge in [-0.2, -0.15) is 0 Å². The fourth-order valence-corrected chi connectivity index (χ4v) is 3.02. The van der Waals surface area contributed by atoms with Crippen molar-refractivity contribution in [1.29, 1.82) is 0 Å². The van der Waals surface area contributed by atoms with Gasteiger partial charge in [0.15, 0.2) is 0 Å². The molecule has 0 aromatic heterocycles. The molecule has 1 aromatic carbocycles. The zero-order chi connectivity index (χ0) is 13.1. The number of para-hydroxylation sites is 2. The van der Waals surface area contributed by atoms with E-state index in [9.17, 15) is 0 Å². The predicted molar refractivity (Wildman–Crippen MR) is 78.4 cm³/mol. The molecule has 0 bridgehead atoms. The van der Waals surface area contributed by atoms with E-state index in [-0.39, 0.29) is 7.12 Å². The van der Waals surface area contributed by atoms with Gasteiger partial charge in [0.2, 0.25) is 0 Å². The van der Waals surface area contributed by atoms with Crippen molar-refractivity contribution in [2.45, 2.75) is 45.4 Å². The lowest BCUT2D eigenvalue weighted by molar-refractivity contribution is 0.416. The Labute approximate surface area is 115 Å². The smallest absolute Gasteiger partial charge is 0.519 e. The van der Waals surface area contributed by atoms with Crippen LogP contribution >= 0.6 is 0 Å². The Bertz CT molecular complexity index is 439. The summed E-state index contributed by atoms with van der Waals surface area (Å²) in [7, 11) is -0.204. The topological polar surface area (TPSA) is 18.5 Å². The third-order valence-electron chi connectivity index (χ3n) is 4.13. The summed E-state index contributed by atoms with van der Waals surface area (Å²) < 4.78 is 11.8. The minimum absolute atomic E-state index is 0.204. The van der Waals surface area contributed by atoms with Crippen LogP contribution in [0.5, 0.6) is 11.5 Å². The van der Waals surface area contributed by atoms with E-state index >= 15 is 0 Å². The molecule has 0 unspecified atom stereocenters. The second-order valence-corrected chi connectivity index (χ2v) is 5.51. The van der Waals surface area contributed by atoms with Crippen LogP contribution in [0.1, 0.15) is 45.4 Å². The van der Waals surface area contributed by atoms with E-state index in [1.165, 1.54) is 37.6 Å². The van der Waals surface area contributed by atoms with Crippen molar-refractivity contribution in [2.24, 2.45) is 5.92 Å². The molecule has 1 fully saturated rings. The average Bonchev–Trinajstić information content (AvgIpc) is 2.89. The van der Waals surface area contributed by atoms with Crippen LogP contribution in [-0.2, 0) is 0 Å². The molecular formula is C16H21BO2. The number of hydrogen-bond donors (Lipinski definition) is 0. The van der Waals surface area contributed by atoms with Crippen molar-refractivity contribution in [3.05, 3.63) is 35.8 Å². The Kier molecular flexibility index (Phi) is 3.81. The molecule has 2 aliphatic rings. The molecule has 0 saturated heterocycles. The number of hydrogen-bond acceptors (Lipinski definition) is 2. The first kappa shape index (κ1) is 12.6. The van der Waals surface area contributed by atoms with Gasteiger partial charge in [0.05, 0.1) is 0 Å². The Morgan fingerprint density at radius 1 is 1.16 bits per heavy atom. The van der Waals surface area contributed by atoms with Gasteiger partial charge in [0.25, 0.3) is 0 Å². The normalized spacial score (nSPS) is 19.8.